The summed E-state index contributed by atoms with van der Waals surface area (Å²) in [5.41, 5.74) is 0. The minimum atomic E-state index is 0.250. The molecule has 0 saturated heterocycles. The van der Waals surface area contributed by atoms with Crippen LogP contribution in [-0.4, -0.2) is 23.8 Å². The van der Waals surface area contributed by atoms with Crippen LogP contribution >= 0.6 is 0 Å². The maximum absolute atomic E-state index is 7.57. The summed E-state index contributed by atoms with van der Waals surface area (Å²) in [5, 5.41) is 7.57. The first-order chi connectivity index (χ1) is 5.35. The highest BCUT2D eigenvalue weighted by molar-refractivity contribution is 5.08. The van der Waals surface area contributed by atoms with Gasteiger partial charge in [0.25, 0.3) is 0 Å². The van der Waals surface area contributed by atoms with Crippen LogP contribution in [0, 0.1) is 0 Å². The fourth-order valence-electron chi connectivity index (χ4n) is 0.468. The fourth-order valence-corrected chi connectivity index (χ4v) is 0.468. The molecule has 1 aromatic rings. The van der Waals surface area contributed by atoms with E-state index < -0.39 is 0 Å². The van der Waals surface area contributed by atoms with Crippen molar-refractivity contribution in [3.05, 3.63) is 24.4 Å². The Morgan fingerprint density at radius 1 is 1.55 bits per heavy atom. The second-order valence-corrected chi connectivity index (χ2v) is 1.69. The van der Waals surface area contributed by atoms with E-state index in [-0.39, 0.29) is 6.61 Å². The number of aliphatic hydroxyl groups excluding tert-OH is 1. The van der Waals surface area contributed by atoms with Crippen molar-refractivity contribution in [2.45, 2.75) is 6.92 Å². The topological polar surface area (TPSA) is 42.4 Å². The minimum absolute atomic E-state index is 0.250. The molecule has 0 bridgehead atoms. The van der Waals surface area contributed by atoms with Crippen molar-refractivity contribution in [3.8, 4) is 5.88 Å². The van der Waals surface area contributed by atoms with Crippen LogP contribution in [-0.2, 0) is 0 Å². The summed E-state index contributed by atoms with van der Waals surface area (Å²) in [6, 6.07) is 5.54. The zero-order valence-corrected chi connectivity index (χ0v) is 6.82. The standard InChI is InChI=1S/C6H7NO.C2H6O/c1-8-6-4-2-3-5-7-6;1-2-3/h2-5H,1H3;3H,2H2,1H3. The van der Waals surface area contributed by atoms with E-state index in [4.69, 9.17) is 9.84 Å². The second kappa shape index (κ2) is 7.02. The van der Waals surface area contributed by atoms with Crippen LogP contribution in [0.25, 0.3) is 0 Å². The van der Waals surface area contributed by atoms with E-state index in [1.54, 1.807) is 26.3 Å². The highest BCUT2D eigenvalue weighted by Crippen LogP contribution is 1.99. The van der Waals surface area contributed by atoms with Gasteiger partial charge >= 0.3 is 0 Å². The third-order valence-electron chi connectivity index (χ3n) is 0.847. The Bertz CT molecular complexity index is 165. The molecule has 3 nitrogen and oxygen atoms in total. The molecule has 0 aliphatic rings. The lowest BCUT2D eigenvalue weighted by molar-refractivity contribution is 0.318. The quantitative estimate of drug-likeness (QED) is 0.660. The van der Waals surface area contributed by atoms with Gasteiger partial charge in [-0.15, -0.1) is 0 Å². The van der Waals surface area contributed by atoms with Crippen LogP contribution in [0.15, 0.2) is 24.4 Å². The molecule has 1 rings (SSSR count). The zero-order valence-electron chi connectivity index (χ0n) is 6.82. The highest BCUT2D eigenvalue weighted by Gasteiger charge is 1.82. The molecule has 0 aliphatic heterocycles. The molecule has 0 atom stereocenters. The Balaban J connectivity index is 0.000000292. The van der Waals surface area contributed by atoms with Crippen LogP contribution in [0.2, 0.25) is 0 Å². The number of rotatable bonds is 1. The molecule has 0 aromatic carbocycles. The number of hydrogen-bond donors (Lipinski definition) is 1. The number of methoxy groups -OCH3 is 1. The Labute approximate surface area is 66.7 Å². The van der Waals surface area contributed by atoms with E-state index >= 15 is 0 Å². The molecule has 0 saturated carbocycles. The first-order valence-electron chi connectivity index (χ1n) is 3.41. The van der Waals surface area contributed by atoms with E-state index in [1.807, 2.05) is 12.1 Å². The molecule has 1 heterocycles. The average Bonchev–Trinajstić information content (AvgIpc) is 2.08. The summed E-state index contributed by atoms with van der Waals surface area (Å²) in [4.78, 5) is 3.88. The Morgan fingerprint density at radius 2 is 2.18 bits per heavy atom. The zero-order chi connectivity index (χ0) is 8.53. The van der Waals surface area contributed by atoms with Crippen LogP contribution < -0.4 is 4.74 Å². The normalized spacial score (nSPS) is 7.91. The van der Waals surface area contributed by atoms with Gasteiger partial charge in [-0.3, -0.25) is 0 Å². The third kappa shape index (κ3) is 5.36. The lowest BCUT2D eigenvalue weighted by Gasteiger charge is -1.92. The molecule has 0 amide bonds. The molecular weight excluding hydrogens is 142 g/mol. The summed E-state index contributed by atoms with van der Waals surface area (Å²) in [6.45, 7) is 1.93. The van der Waals surface area contributed by atoms with Gasteiger partial charge in [0.05, 0.1) is 7.11 Å². The molecule has 0 spiro atoms. The van der Waals surface area contributed by atoms with Crippen molar-refractivity contribution >= 4 is 0 Å². The molecule has 11 heavy (non-hydrogen) atoms. The molecule has 0 unspecified atom stereocenters. The first-order valence-corrected chi connectivity index (χ1v) is 3.41. The van der Waals surface area contributed by atoms with Gasteiger partial charge in [-0.2, -0.15) is 0 Å². The molecule has 3 heteroatoms. The monoisotopic (exact) mass is 155 g/mol. The lowest BCUT2D eigenvalue weighted by atomic mass is 10.5. The van der Waals surface area contributed by atoms with E-state index in [9.17, 15) is 0 Å². The van der Waals surface area contributed by atoms with Gasteiger partial charge in [0.1, 0.15) is 0 Å². The third-order valence-corrected chi connectivity index (χ3v) is 0.847. The maximum Gasteiger partial charge on any atom is 0.212 e. The number of aliphatic hydroxyl groups is 1. The molecule has 1 N–H and O–H groups in total. The largest absolute Gasteiger partial charge is 0.481 e. The number of pyridine rings is 1. The Kier molecular flexibility index (Phi) is 6.33. The van der Waals surface area contributed by atoms with E-state index in [0.717, 1.165) is 0 Å². The van der Waals surface area contributed by atoms with Crippen LogP contribution in [0.3, 0.4) is 0 Å². The van der Waals surface area contributed by atoms with Crippen molar-refractivity contribution in [1.29, 1.82) is 0 Å². The first kappa shape index (κ1) is 9.91. The SMILES string of the molecule is CCO.COc1ccccn1. The summed E-state index contributed by atoms with van der Waals surface area (Å²) in [5.74, 6) is 0.660. The maximum atomic E-state index is 7.57. The number of aromatic nitrogens is 1. The summed E-state index contributed by atoms with van der Waals surface area (Å²) >= 11 is 0. The van der Waals surface area contributed by atoms with Crippen molar-refractivity contribution in [3.63, 3.8) is 0 Å². The van der Waals surface area contributed by atoms with Crippen LogP contribution in [0.4, 0.5) is 0 Å². The Hall–Kier alpha value is -1.09. The lowest BCUT2D eigenvalue weighted by Crippen LogP contribution is -1.83. The smallest absolute Gasteiger partial charge is 0.212 e. The molecule has 1 aromatic heterocycles. The van der Waals surface area contributed by atoms with Crippen LogP contribution in [0.5, 0.6) is 5.88 Å². The number of ether oxygens (including phenoxy) is 1. The van der Waals surface area contributed by atoms with Crippen molar-refractivity contribution in [2.24, 2.45) is 0 Å². The average molecular weight is 155 g/mol. The summed E-state index contributed by atoms with van der Waals surface area (Å²) < 4.78 is 4.80. The highest BCUT2D eigenvalue weighted by atomic mass is 16.5. The van der Waals surface area contributed by atoms with Crippen LogP contribution in [0.1, 0.15) is 6.92 Å². The number of hydrogen-bond acceptors (Lipinski definition) is 3. The molecular formula is C8H13NO2. The summed E-state index contributed by atoms with van der Waals surface area (Å²) in [6.07, 6.45) is 1.69. The van der Waals surface area contributed by atoms with E-state index in [2.05, 4.69) is 4.98 Å². The molecule has 0 radical (unpaired) electrons. The van der Waals surface area contributed by atoms with Crippen molar-refractivity contribution in [1.82, 2.24) is 4.98 Å². The van der Waals surface area contributed by atoms with Gasteiger partial charge in [0.15, 0.2) is 0 Å². The van der Waals surface area contributed by atoms with Gasteiger partial charge < -0.3 is 9.84 Å². The Morgan fingerprint density at radius 3 is 2.45 bits per heavy atom. The van der Waals surface area contributed by atoms with Gasteiger partial charge in [-0.25, -0.2) is 4.98 Å². The minimum Gasteiger partial charge on any atom is -0.481 e. The van der Waals surface area contributed by atoms with Gasteiger partial charge in [0, 0.05) is 18.9 Å². The molecule has 0 aliphatic carbocycles. The van der Waals surface area contributed by atoms with Gasteiger partial charge in [-0.1, -0.05) is 6.07 Å². The van der Waals surface area contributed by atoms with Gasteiger partial charge in [-0.05, 0) is 13.0 Å². The van der Waals surface area contributed by atoms with E-state index in [0.29, 0.717) is 5.88 Å². The van der Waals surface area contributed by atoms with Crippen molar-refractivity contribution in [2.75, 3.05) is 13.7 Å². The van der Waals surface area contributed by atoms with Gasteiger partial charge in [0.2, 0.25) is 5.88 Å². The predicted octanol–water partition coefficient (Wildman–Crippen LogP) is 1.09. The molecule has 0 fully saturated rings. The van der Waals surface area contributed by atoms with E-state index in [1.165, 1.54) is 0 Å². The fraction of sp³-hybridized carbons (Fsp3) is 0.375. The van der Waals surface area contributed by atoms with Crippen molar-refractivity contribution < 1.29 is 9.84 Å². The second-order valence-electron chi connectivity index (χ2n) is 1.69. The summed E-state index contributed by atoms with van der Waals surface area (Å²) in [7, 11) is 1.60. The predicted molar refractivity (Wildman–Crippen MR) is 43.5 cm³/mol. The molecule has 62 valence electrons. The number of nitrogens with zero attached hydrogens (tertiary/aromatic N) is 1.